The fourth-order valence-corrected chi connectivity index (χ4v) is 3.28. The summed E-state index contributed by atoms with van der Waals surface area (Å²) in [5.74, 6) is 1.74. The number of nitrogens with two attached hydrogens (primary N) is 1. The summed E-state index contributed by atoms with van der Waals surface area (Å²) >= 11 is 1.54. The zero-order chi connectivity index (χ0) is 14.4. The molecule has 1 saturated carbocycles. The molecule has 21 heavy (non-hydrogen) atoms. The van der Waals surface area contributed by atoms with E-state index in [9.17, 15) is 0 Å². The maximum atomic E-state index is 6.22. The maximum absolute atomic E-state index is 6.22. The molecule has 0 bridgehead atoms. The van der Waals surface area contributed by atoms with Crippen LogP contribution >= 0.6 is 11.3 Å². The lowest BCUT2D eigenvalue weighted by Gasteiger charge is -2.34. The summed E-state index contributed by atoms with van der Waals surface area (Å²) in [6.45, 7) is 1.98. The molecule has 6 nitrogen and oxygen atoms in total. The third-order valence-corrected chi connectivity index (χ3v) is 4.83. The van der Waals surface area contributed by atoms with Crippen LogP contribution < -0.4 is 5.73 Å². The van der Waals surface area contributed by atoms with Gasteiger partial charge in [-0.25, -0.2) is 4.98 Å². The van der Waals surface area contributed by atoms with Crippen molar-refractivity contribution in [2.24, 2.45) is 5.73 Å². The summed E-state index contributed by atoms with van der Waals surface area (Å²) in [4.78, 5) is 10.0. The zero-order valence-corrected chi connectivity index (χ0v) is 12.3. The molecule has 0 spiro atoms. The third kappa shape index (κ3) is 2.00. The predicted molar refractivity (Wildman–Crippen MR) is 77.6 cm³/mol. The van der Waals surface area contributed by atoms with E-state index in [-0.39, 0.29) is 0 Å². The normalized spacial score (nSPS) is 16.9. The van der Waals surface area contributed by atoms with Crippen LogP contribution in [-0.2, 0) is 5.54 Å². The summed E-state index contributed by atoms with van der Waals surface area (Å²) < 4.78 is 10.7. The summed E-state index contributed by atoms with van der Waals surface area (Å²) in [6.07, 6.45) is 4.55. The van der Waals surface area contributed by atoms with Crippen LogP contribution in [0.2, 0.25) is 0 Å². The van der Waals surface area contributed by atoms with Crippen molar-refractivity contribution in [1.29, 1.82) is 0 Å². The van der Waals surface area contributed by atoms with Crippen LogP contribution in [0.5, 0.6) is 0 Å². The SMILES string of the molecule is Cc1sc(-c2ccco2)nc1-c1nc(C2(N)CCC2)no1. The second kappa shape index (κ2) is 4.51. The lowest BCUT2D eigenvalue weighted by atomic mass is 9.77. The molecule has 108 valence electrons. The Morgan fingerprint density at radius 3 is 2.86 bits per heavy atom. The molecule has 2 N–H and O–H groups in total. The lowest BCUT2D eigenvalue weighted by molar-refractivity contribution is 0.229. The van der Waals surface area contributed by atoms with Gasteiger partial charge >= 0.3 is 0 Å². The number of aromatic nitrogens is 3. The molecule has 3 aromatic rings. The van der Waals surface area contributed by atoms with E-state index < -0.39 is 5.54 Å². The van der Waals surface area contributed by atoms with Crippen LogP contribution in [0.1, 0.15) is 30.0 Å². The molecule has 1 fully saturated rings. The highest BCUT2D eigenvalue weighted by atomic mass is 32.1. The number of hydrogen-bond donors (Lipinski definition) is 1. The second-order valence-corrected chi connectivity index (χ2v) is 6.54. The molecule has 4 rings (SSSR count). The highest BCUT2D eigenvalue weighted by molar-refractivity contribution is 7.15. The Morgan fingerprint density at radius 2 is 2.19 bits per heavy atom. The van der Waals surface area contributed by atoms with Gasteiger partial charge in [0.2, 0.25) is 0 Å². The molecule has 1 aliphatic carbocycles. The summed E-state index contributed by atoms with van der Waals surface area (Å²) in [5.41, 5.74) is 6.50. The zero-order valence-electron chi connectivity index (χ0n) is 11.5. The van der Waals surface area contributed by atoms with Crippen molar-refractivity contribution in [3.8, 4) is 22.4 Å². The molecule has 0 radical (unpaired) electrons. The van der Waals surface area contributed by atoms with Gasteiger partial charge in [-0.3, -0.25) is 0 Å². The van der Waals surface area contributed by atoms with Gasteiger partial charge in [0.25, 0.3) is 5.89 Å². The summed E-state index contributed by atoms with van der Waals surface area (Å²) in [5, 5.41) is 4.83. The van der Waals surface area contributed by atoms with Crippen LogP contribution in [-0.4, -0.2) is 15.1 Å². The van der Waals surface area contributed by atoms with Gasteiger partial charge in [0, 0.05) is 4.88 Å². The van der Waals surface area contributed by atoms with Gasteiger partial charge in [-0.1, -0.05) is 5.16 Å². The Bertz CT molecular complexity index is 771. The van der Waals surface area contributed by atoms with E-state index in [1.165, 1.54) is 11.3 Å². The highest BCUT2D eigenvalue weighted by Gasteiger charge is 2.39. The molecule has 0 aliphatic heterocycles. The summed E-state index contributed by atoms with van der Waals surface area (Å²) in [7, 11) is 0. The van der Waals surface area contributed by atoms with Crippen molar-refractivity contribution in [2.75, 3.05) is 0 Å². The van der Waals surface area contributed by atoms with E-state index >= 15 is 0 Å². The Morgan fingerprint density at radius 1 is 1.33 bits per heavy atom. The molecule has 0 atom stereocenters. The van der Waals surface area contributed by atoms with Gasteiger partial charge < -0.3 is 14.7 Å². The van der Waals surface area contributed by atoms with Crippen LogP contribution in [0.3, 0.4) is 0 Å². The Hall–Kier alpha value is -1.99. The van der Waals surface area contributed by atoms with Crippen LogP contribution in [0.15, 0.2) is 27.3 Å². The molecule has 1 aliphatic rings. The van der Waals surface area contributed by atoms with Crippen molar-refractivity contribution in [3.05, 3.63) is 29.1 Å². The van der Waals surface area contributed by atoms with Gasteiger partial charge in [-0.2, -0.15) is 4.98 Å². The average Bonchev–Trinajstić information content (AvgIpc) is 3.15. The van der Waals surface area contributed by atoms with E-state index in [0.29, 0.717) is 17.4 Å². The number of rotatable bonds is 3. The maximum Gasteiger partial charge on any atom is 0.277 e. The first-order chi connectivity index (χ1) is 10.2. The monoisotopic (exact) mass is 302 g/mol. The Labute approximate surface area is 125 Å². The van der Waals surface area contributed by atoms with E-state index in [1.54, 1.807) is 6.26 Å². The fourth-order valence-electron chi connectivity index (χ4n) is 2.40. The number of hydrogen-bond acceptors (Lipinski definition) is 7. The van der Waals surface area contributed by atoms with Gasteiger partial charge in [-0.05, 0) is 38.3 Å². The smallest absolute Gasteiger partial charge is 0.277 e. The van der Waals surface area contributed by atoms with Crippen molar-refractivity contribution in [1.82, 2.24) is 15.1 Å². The van der Waals surface area contributed by atoms with Crippen molar-refractivity contribution < 1.29 is 8.94 Å². The minimum absolute atomic E-state index is 0.421. The van der Waals surface area contributed by atoms with Gasteiger partial charge in [0.1, 0.15) is 5.69 Å². The first kappa shape index (κ1) is 12.7. The van der Waals surface area contributed by atoms with Crippen LogP contribution in [0.4, 0.5) is 0 Å². The minimum Gasteiger partial charge on any atom is -0.462 e. The first-order valence-electron chi connectivity index (χ1n) is 6.80. The third-order valence-electron chi connectivity index (χ3n) is 3.85. The van der Waals surface area contributed by atoms with Crippen molar-refractivity contribution in [3.63, 3.8) is 0 Å². The standard InChI is InChI=1S/C14H14N4O2S/c1-8-10(16-12(21-8)9-4-2-7-19-9)11-17-13(18-20-11)14(15)5-3-6-14/h2,4,7H,3,5-6,15H2,1H3. The molecule has 3 heterocycles. The number of aryl methyl sites for hydroxylation is 1. The first-order valence-corrected chi connectivity index (χ1v) is 7.62. The number of nitrogens with zero attached hydrogens (tertiary/aromatic N) is 3. The molecular formula is C14H14N4O2S. The van der Waals surface area contributed by atoms with Gasteiger partial charge in [0.15, 0.2) is 16.6 Å². The Kier molecular flexibility index (Phi) is 2.73. The topological polar surface area (TPSA) is 91.0 Å². The molecule has 0 aromatic carbocycles. The van der Waals surface area contributed by atoms with E-state index in [2.05, 4.69) is 15.1 Å². The predicted octanol–water partition coefficient (Wildman–Crippen LogP) is 3.10. The van der Waals surface area contributed by atoms with Crippen LogP contribution in [0.25, 0.3) is 22.4 Å². The van der Waals surface area contributed by atoms with Crippen molar-refractivity contribution >= 4 is 11.3 Å². The van der Waals surface area contributed by atoms with E-state index in [1.807, 2.05) is 19.1 Å². The fraction of sp³-hybridized carbons (Fsp3) is 0.357. The number of thiazole rings is 1. The van der Waals surface area contributed by atoms with Gasteiger partial charge in [0.05, 0.1) is 11.8 Å². The molecular weight excluding hydrogens is 288 g/mol. The van der Waals surface area contributed by atoms with Crippen LogP contribution in [0, 0.1) is 6.92 Å². The van der Waals surface area contributed by atoms with Crippen molar-refractivity contribution in [2.45, 2.75) is 31.7 Å². The minimum atomic E-state index is -0.421. The average molecular weight is 302 g/mol. The second-order valence-electron chi connectivity index (χ2n) is 5.33. The number of furan rings is 1. The van der Waals surface area contributed by atoms with E-state index in [4.69, 9.17) is 14.7 Å². The molecule has 0 unspecified atom stereocenters. The highest BCUT2D eigenvalue weighted by Crippen LogP contribution is 2.38. The largest absolute Gasteiger partial charge is 0.462 e. The molecule has 0 amide bonds. The molecule has 7 heteroatoms. The Balaban J connectivity index is 1.71. The molecule has 3 aromatic heterocycles. The lowest BCUT2D eigenvalue weighted by Crippen LogP contribution is -2.44. The quantitative estimate of drug-likeness (QED) is 0.799. The van der Waals surface area contributed by atoms with Gasteiger partial charge in [-0.15, -0.1) is 11.3 Å². The summed E-state index contributed by atoms with van der Waals surface area (Å²) in [6, 6.07) is 3.72. The van der Waals surface area contributed by atoms with E-state index in [0.717, 1.165) is 34.9 Å². The molecule has 0 saturated heterocycles.